The molecule has 1 aromatic rings. The first kappa shape index (κ1) is 15.0. The first-order chi connectivity index (χ1) is 9.97. The van der Waals surface area contributed by atoms with E-state index in [0.717, 1.165) is 5.69 Å². The van der Waals surface area contributed by atoms with Crippen LogP contribution in [-0.4, -0.2) is 58.8 Å². The Morgan fingerprint density at radius 3 is 2.81 bits per heavy atom. The number of amides is 4. The Hall–Kier alpha value is -2.44. The van der Waals surface area contributed by atoms with E-state index in [1.165, 1.54) is 4.90 Å². The average molecular weight is 290 g/mol. The van der Waals surface area contributed by atoms with Gasteiger partial charge in [0.15, 0.2) is 0 Å². The first-order valence-electron chi connectivity index (χ1n) is 6.71. The van der Waals surface area contributed by atoms with Crippen LogP contribution in [0.4, 0.5) is 4.79 Å². The molecule has 7 nitrogen and oxygen atoms in total. The molecule has 1 aliphatic heterocycles. The van der Waals surface area contributed by atoms with Crippen molar-refractivity contribution in [3.8, 4) is 0 Å². The Morgan fingerprint density at radius 1 is 1.48 bits per heavy atom. The highest BCUT2D eigenvalue weighted by atomic mass is 16.2. The number of hydrogen-bond donors (Lipinski definition) is 1. The standard InChI is InChI=1S/C14H18N4O3/c1-10(7-11-5-3-4-6-15-11)17(2)13(20)9-18-8-12(19)16-14(18)21/h3-6,10H,7-9H2,1-2H3,(H,16,19,21)/t10-/m0/s1. The summed E-state index contributed by atoms with van der Waals surface area (Å²) >= 11 is 0. The zero-order valence-electron chi connectivity index (χ0n) is 12.1. The van der Waals surface area contributed by atoms with E-state index < -0.39 is 6.03 Å². The highest BCUT2D eigenvalue weighted by Crippen LogP contribution is 2.07. The Balaban J connectivity index is 1.89. The molecule has 112 valence electrons. The highest BCUT2D eigenvalue weighted by Gasteiger charge is 2.29. The molecule has 1 aliphatic rings. The summed E-state index contributed by atoms with van der Waals surface area (Å²) in [6.45, 7) is 1.76. The lowest BCUT2D eigenvalue weighted by Crippen LogP contribution is -2.44. The fraction of sp³-hybridized carbons (Fsp3) is 0.429. The average Bonchev–Trinajstić information content (AvgIpc) is 2.77. The molecule has 0 radical (unpaired) electrons. The molecule has 21 heavy (non-hydrogen) atoms. The molecule has 0 saturated carbocycles. The second-order valence-electron chi connectivity index (χ2n) is 5.09. The number of aromatic nitrogens is 1. The highest BCUT2D eigenvalue weighted by molar-refractivity contribution is 6.03. The summed E-state index contributed by atoms with van der Waals surface area (Å²) < 4.78 is 0. The van der Waals surface area contributed by atoms with Gasteiger partial charge in [-0.1, -0.05) is 6.07 Å². The van der Waals surface area contributed by atoms with Crippen LogP contribution in [-0.2, 0) is 16.0 Å². The van der Waals surface area contributed by atoms with Crippen LogP contribution in [0.5, 0.6) is 0 Å². The minimum absolute atomic E-state index is 0.0474. The second-order valence-corrected chi connectivity index (χ2v) is 5.09. The summed E-state index contributed by atoms with van der Waals surface area (Å²) in [6.07, 6.45) is 2.35. The predicted octanol–water partition coefficient (Wildman–Crippen LogP) is 0.0228. The van der Waals surface area contributed by atoms with Crippen LogP contribution in [0.15, 0.2) is 24.4 Å². The number of nitrogens with zero attached hydrogens (tertiary/aromatic N) is 3. The van der Waals surface area contributed by atoms with E-state index in [4.69, 9.17) is 0 Å². The van der Waals surface area contributed by atoms with Gasteiger partial charge < -0.3 is 9.80 Å². The Bertz CT molecular complexity index is 546. The Kier molecular flexibility index (Phi) is 4.52. The maximum Gasteiger partial charge on any atom is 0.325 e. The van der Waals surface area contributed by atoms with Crippen molar-refractivity contribution in [1.82, 2.24) is 20.1 Å². The van der Waals surface area contributed by atoms with Gasteiger partial charge in [0.05, 0.1) is 0 Å². The van der Waals surface area contributed by atoms with Crippen molar-refractivity contribution < 1.29 is 14.4 Å². The van der Waals surface area contributed by atoms with Crippen LogP contribution in [0.25, 0.3) is 0 Å². The molecule has 1 aromatic heterocycles. The van der Waals surface area contributed by atoms with E-state index in [-0.39, 0.29) is 30.9 Å². The van der Waals surface area contributed by atoms with E-state index in [1.807, 2.05) is 25.1 Å². The molecule has 1 atom stereocenters. The molecule has 2 heterocycles. The topological polar surface area (TPSA) is 82.6 Å². The third-order valence-corrected chi connectivity index (χ3v) is 3.48. The van der Waals surface area contributed by atoms with Gasteiger partial charge >= 0.3 is 6.03 Å². The number of imide groups is 1. The Labute approximate surface area is 122 Å². The summed E-state index contributed by atoms with van der Waals surface area (Å²) in [5.74, 6) is -0.583. The number of carbonyl (C=O) groups excluding carboxylic acids is 3. The van der Waals surface area contributed by atoms with Gasteiger partial charge in [-0.2, -0.15) is 0 Å². The second kappa shape index (κ2) is 6.34. The zero-order chi connectivity index (χ0) is 15.4. The summed E-state index contributed by atoms with van der Waals surface area (Å²) in [6, 6.07) is 5.08. The first-order valence-corrected chi connectivity index (χ1v) is 6.71. The predicted molar refractivity (Wildman–Crippen MR) is 75.3 cm³/mol. The van der Waals surface area contributed by atoms with Crippen molar-refractivity contribution in [2.45, 2.75) is 19.4 Å². The summed E-state index contributed by atoms with van der Waals surface area (Å²) in [7, 11) is 1.69. The normalized spacial score (nSPS) is 15.8. The minimum Gasteiger partial charge on any atom is -0.341 e. The smallest absolute Gasteiger partial charge is 0.325 e. The largest absolute Gasteiger partial charge is 0.341 e. The van der Waals surface area contributed by atoms with Crippen LogP contribution in [0.2, 0.25) is 0 Å². The SMILES string of the molecule is C[C@@H](Cc1ccccn1)N(C)C(=O)CN1CC(=O)NC1=O. The molecule has 0 spiro atoms. The maximum atomic E-state index is 12.2. The summed E-state index contributed by atoms with van der Waals surface area (Å²) in [5, 5.41) is 2.15. The number of nitrogens with one attached hydrogen (secondary N) is 1. The van der Waals surface area contributed by atoms with Crippen molar-refractivity contribution in [2.75, 3.05) is 20.1 Å². The fourth-order valence-corrected chi connectivity index (χ4v) is 2.09. The molecule has 1 fully saturated rings. The van der Waals surface area contributed by atoms with Gasteiger partial charge in [0, 0.05) is 31.4 Å². The van der Waals surface area contributed by atoms with Gasteiger partial charge in [0.2, 0.25) is 11.8 Å². The minimum atomic E-state index is -0.515. The summed E-state index contributed by atoms with van der Waals surface area (Å²) in [5.41, 5.74) is 0.902. The quantitative estimate of drug-likeness (QED) is 0.775. The molecule has 0 aromatic carbocycles. The molecule has 1 N–H and O–H groups in total. The number of likely N-dealkylation sites (N-methyl/N-ethyl adjacent to an activating group) is 1. The van der Waals surface area contributed by atoms with Gasteiger partial charge in [0.1, 0.15) is 13.1 Å². The number of hydrogen-bond acceptors (Lipinski definition) is 4. The lowest BCUT2D eigenvalue weighted by molar-refractivity contribution is -0.132. The number of carbonyl (C=O) groups is 3. The number of pyridine rings is 1. The van der Waals surface area contributed by atoms with Crippen molar-refractivity contribution >= 4 is 17.8 Å². The summed E-state index contributed by atoms with van der Waals surface area (Å²) in [4.78, 5) is 41.7. The number of rotatable bonds is 5. The van der Waals surface area contributed by atoms with Gasteiger partial charge in [-0.05, 0) is 19.1 Å². The van der Waals surface area contributed by atoms with Gasteiger partial charge in [-0.25, -0.2) is 4.79 Å². The van der Waals surface area contributed by atoms with Crippen LogP contribution in [0.3, 0.4) is 0 Å². The molecule has 1 saturated heterocycles. The monoisotopic (exact) mass is 290 g/mol. The Morgan fingerprint density at radius 2 is 2.24 bits per heavy atom. The van der Waals surface area contributed by atoms with Crippen molar-refractivity contribution in [3.05, 3.63) is 30.1 Å². The molecular formula is C14H18N4O3. The van der Waals surface area contributed by atoms with Crippen LogP contribution in [0, 0.1) is 0 Å². The molecule has 0 unspecified atom stereocenters. The third-order valence-electron chi connectivity index (χ3n) is 3.48. The van der Waals surface area contributed by atoms with E-state index in [0.29, 0.717) is 6.42 Å². The molecule has 0 aliphatic carbocycles. The van der Waals surface area contributed by atoms with E-state index in [2.05, 4.69) is 10.3 Å². The molecule has 7 heteroatoms. The van der Waals surface area contributed by atoms with Crippen molar-refractivity contribution in [2.24, 2.45) is 0 Å². The van der Waals surface area contributed by atoms with Crippen LogP contribution >= 0.6 is 0 Å². The fourth-order valence-electron chi connectivity index (χ4n) is 2.09. The number of urea groups is 1. The lowest BCUT2D eigenvalue weighted by Gasteiger charge is -2.26. The van der Waals surface area contributed by atoms with Crippen LogP contribution in [0.1, 0.15) is 12.6 Å². The third kappa shape index (κ3) is 3.77. The molecule has 2 rings (SSSR count). The van der Waals surface area contributed by atoms with E-state index in [1.54, 1.807) is 18.1 Å². The molecule has 0 bridgehead atoms. The van der Waals surface area contributed by atoms with E-state index >= 15 is 0 Å². The van der Waals surface area contributed by atoms with Crippen molar-refractivity contribution in [3.63, 3.8) is 0 Å². The zero-order valence-corrected chi connectivity index (χ0v) is 12.1. The van der Waals surface area contributed by atoms with E-state index in [9.17, 15) is 14.4 Å². The van der Waals surface area contributed by atoms with Crippen molar-refractivity contribution in [1.29, 1.82) is 0 Å². The maximum absolute atomic E-state index is 12.2. The van der Waals surface area contributed by atoms with Gasteiger partial charge in [-0.3, -0.25) is 19.9 Å². The molecule has 4 amide bonds. The van der Waals surface area contributed by atoms with Gasteiger partial charge in [0.25, 0.3) is 0 Å². The molecular weight excluding hydrogens is 272 g/mol. The van der Waals surface area contributed by atoms with Crippen LogP contribution < -0.4 is 5.32 Å². The lowest BCUT2D eigenvalue weighted by atomic mass is 10.1. The van der Waals surface area contributed by atoms with Gasteiger partial charge in [-0.15, -0.1) is 0 Å².